The van der Waals surface area contributed by atoms with Crippen molar-refractivity contribution >= 4 is 24.0 Å². The molecule has 0 aliphatic heterocycles. The van der Waals surface area contributed by atoms with Crippen LogP contribution in [0, 0.1) is 0 Å². The van der Waals surface area contributed by atoms with E-state index in [9.17, 15) is 0 Å². The van der Waals surface area contributed by atoms with E-state index in [0.29, 0.717) is 6.61 Å². The van der Waals surface area contributed by atoms with Crippen molar-refractivity contribution in [1.82, 2.24) is 0 Å². The molecule has 0 radical (unpaired) electrons. The van der Waals surface area contributed by atoms with Crippen LogP contribution in [-0.2, 0) is 11.4 Å². The van der Waals surface area contributed by atoms with Crippen LogP contribution in [-0.4, -0.2) is 0 Å². The third-order valence-electron chi connectivity index (χ3n) is 2.35. The second-order valence-electron chi connectivity index (χ2n) is 3.52. The molecule has 0 aliphatic rings. The summed E-state index contributed by atoms with van der Waals surface area (Å²) in [6, 6.07) is 15.8. The first-order valence-electron chi connectivity index (χ1n) is 4.96. The van der Waals surface area contributed by atoms with Gasteiger partial charge in [-0.1, -0.05) is 41.9 Å². The van der Waals surface area contributed by atoms with Crippen LogP contribution in [0.15, 0.2) is 48.5 Å². The summed E-state index contributed by atoms with van der Waals surface area (Å²) in [5.74, 6) is 5.05. The van der Waals surface area contributed by atoms with Crippen molar-refractivity contribution in [1.29, 1.82) is 0 Å². The highest BCUT2D eigenvalue weighted by Crippen LogP contribution is 2.22. The molecular formula is C13H13Cl2NO. The number of rotatable bonds is 3. The first kappa shape index (κ1) is 14.0. The lowest BCUT2D eigenvalue weighted by atomic mass is 10.0. The number of nitrogens with two attached hydrogens (primary N) is 1. The molecule has 0 spiro atoms. The number of hydrogen-bond acceptors (Lipinski definition) is 2. The molecule has 0 atom stereocenters. The van der Waals surface area contributed by atoms with Crippen molar-refractivity contribution in [2.45, 2.75) is 6.61 Å². The summed E-state index contributed by atoms with van der Waals surface area (Å²) < 4.78 is 0. The van der Waals surface area contributed by atoms with Gasteiger partial charge in [-0.15, -0.1) is 12.4 Å². The SMILES string of the molecule is Cl.NOCc1cccc(-c2ccc(Cl)cc2)c1. The maximum Gasteiger partial charge on any atom is 0.0930 e. The monoisotopic (exact) mass is 269 g/mol. The molecule has 2 aromatic carbocycles. The average molecular weight is 270 g/mol. The van der Waals surface area contributed by atoms with Crippen LogP contribution in [0.3, 0.4) is 0 Å². The maximum atomic E-state index is 5.84. The zero-order valence-corrected chi connectivity index (χ0v) is 10.7. The smallest absolute Gasteiger partial charge is 0.0930 e. The van der Waals surface area contributed by atoms with Gasteiger partial charge in [-0.05, 0) is 34.9 Å². The Hall–Kier alpha value is -1.06. The highest BCUT2D eigenvalue weighted by molar-refractivity contribution is 6.30. The molecule has 90 valence electrons. The van der Waals surface area contributed by atoms with E-state index >= 15 is 0 Å². The van der Waals surface area contributed by atoms with Crippen molar-refractivity contribution in [2.75, 3.05) is 0 Å². The Morgan fingerprint density at radius 3 is 2.35 bits per heavy atom. The molecule has 0 bridgehead atoms. The lowest BCUT2D eigenvalue weighted by Gasteiger charge is -2.04. The van der Waals surface area contributed by atoms with Crippen molar-refractivity contribution in [3.63, 3.8) is 0 Å². The Morgan fingerprint density at radius 1 is 1.00 bits per heavy atom. The number of halogens is 2. The van der Waals surface area contributed by atoms with E-state index in [1.54, 1.807) is 0 Å². The zero-order chi connectivity index (χ0) is 11.4. The second-order valence-corrected chi connectivity index (χ2v) is 3.95. The Kier molecular flexibility index (Phi) is 5.45. The van der Waals surface area contributed by atoms with Crippen molar-refractivity contribution in [3.8, 4) is 11.1 Å². The maximum absolute atomic E-state index is 5.84. The standard InChI is InChI=1S/C13H12ClNO.ClH/c14-13-6-4-11(5-7-13)12-3-1-2-10(8-12)9-16-15;/h1-8H,9,15H2;1H. The molecule has 0 amide bonds. The normalized spacial score (nSPS) is 9.76. The van der Waals surface area contributed by atoms with Gasteiger partial charge in [0.05, 0.1) is 6.61 Å². The Bertz CT molecular complexity index is 471. The molecule has 2 nitrogen and oxygen atoms in total. The third kappa shape index (κ3) is 3.72. The van der Waals surface area contributed by atoms with E-state index in [1.807, 2.05) is 42.5 Å². The fourth-order valence-electron chi connectivity index (χ4n) is 1.58. The van der Waals surface area contributed by atoms with Gasteiger partial charge in [0, 0.05) is 5.02 Å². The van der Waals surface area contributed by atoms with Gasteiger partial charge in [0.15, 0.2) is 0 Å². The summed E-state index contributed by atoms with van der Waals surface area (Å²) in [5.41, 5.74) is 3.31. The average Bonchev–Trinajstić information content (AvgIpc) is 2.31. The molecule has 0 aliphatic carbocycles. The summed E-state index contributed by atoms with van der Waals surface area (Å²) in [7, 11) is 0. The molecule has 0 saturated heterocycles. The summed E-state index contributed by atoms with van der Waals surface area (Å²) in [6.07, 6.45) is 0. The molecule has 0 fully saturated rings. The van der Waals surface area contributed by atoms with Crippen molar-refractivity contribution in [3.05, 3.63) is 59.1 Å². The number of benzene rings is 2. The lowest BCUT2D eigenvalue weighted by Crippen LogP contribution is -1.98. The van der Waals surface area contributed by atoms with Crippen LogP contribution < -0.4 is 5.90 Å². The summed E-state index contributed by atoms with van der Waals surface area (Å²) in [5, 5.41) is 0.741. The van der Waals surface area contributed by atoms with Crippen LogP contribution >= 0.6 is 24.0 Å². The molecule has 17 heavy (non-hydrogen) atoms. The Labute approximate surface area is 112 Å². The molecular weight excluding hydrogens is 257 g/mol. The molecule has 2 aromatic rings. The molecule has 0 aromatic heterocycles. The highest BCUT2D eigenvalue weighted by atomic mass is 35.5. The predicted molar refractivity (Wildman–Crippen MR) is 73.1 cm³/mol. The molecule has 2 rings (SSSR count). The minimum atomic E-state index is 0. The molecule has 0 saturated carbocycles. The van der Waals surface area contributed by atoms with Crippen LogP contribution in [0.1, 0.15) is 5.56 Å². The van der Waals surface area contributed by atoms with E-state index in [0.717, 1.165) is 21.7 Å². The summed E-state index contributed by atoms with van der Waals surface area (Å²) in [4.78, 5) is 4.62. The molecule has 0 heterocycles. The van der Waals surface area contributed by atoms with E-state index in [-0.39, 0.29) is 12.4 Å². The fourth-order valence-corrected chi connectivity index (χ4v) is 1.71. The van der Waals surface area contributed by atoms with E-state index in [2.05, 4.69) is 10.9 Å². The van der Waals surface area contributed by atoms with Gasteiger partial charge < -0.3 is 0 Å². The van der Waals surface area contributed by atoms with Gasteiger partial charge in [0.1, 0.15) is 0 Å². The lowest BCUT2D eigenvalue weighted by molar-refractivity contribution is 0.124. The highest BCUT2D eigenvalue weighted by Gasteiger charge is 1.99. The quantitative estimate of drug-likeness (QED) is 0.860. The second kappa shape index (κ2) is 6.62. The van der Waals surface area contributed by atoms with Crippen molar-refractivity contribution < 1.29 is 4.84 Å². The van der Waals surface area contributed by atoms with Gasteiger partial charge in [-0.2, -0.15) is 0 Å². The van der Waals surface area contributed by atoms with Crippen LogP contribution in [0.25, 0.3) is 11.1 Å². The van der Waals surface area contributed by atoms with Crippen LogP contribution in [0.4, 0.5) is 0 Å². The molecule has 4 heteroatoms. The zero-order valence-electron chi connectivity index (χ0n) is 9.10. The fraction of sp³-hybridized carbons (Fsp3) is 0.0769. The van der Waals surface area contributed by atoms with Crippen LogP contribution in [0.2, 0.25) is 5.02 Å². The van der Waals surface area contributed by atoms with Gasteiger partial charge in [0.2, 0.25) is 0 Å². The molecule has 0 unspecified atom stereocenters. The minimum Gasteiger partial charge on any atom is -0.300 e. The number of hydrogen-bond donors (Lipinski definition) is 1. The van der Waals surface area contributed by atoms with Crippen molar-refractivity contribution in [2.24, 2.45) is 5.90 Å². The summed E-state index contributed by atoms with van der Waals surface area (Å²) in [6.45, 7) is 0.418. The van der Waals surface area contributed by atoms with E-state index in [4.69, 9.17) is 17.5 Å². The van der Waals surface area contributed by atoms with E-state index < -0.39 is 0 Å². The summed E-state index contributed by atoms with van der Waals surface area (Å²) >= 11 is 5.84. The molecule has 2 N–H and O–H groups in total. The van der Waals surface area contributed by atoms with E-state index in [1.165, 1.54) is 0 Å². The minimum absolute atomic E-state index is 0. The largest absolute Gasteiger partial charge is 0.300 e. The van der Waals surface area contributed by atoms with Gasteiger partial charge in [0.25, 0.3) is 0 Å². The third-order valence-corrected chi connectivity index (χ3v) is 2.61. The topological polar surface area (TPSA) is 35.2 Å². The van der Waals surface area contributed by atoms with Gasteiger partial charge in [-0.25, -0.2) is 5.90 Å². The van der Waals surface area contributed by atoms with Crippen LogP contribution in [0.5, 0.6) is 0 Å². The van der Waals surface area contributed by atoms with Gasteiger partial charge >= 0.3 is 0 Å². The Balaban J connectivity index is 0.00000144. The van der Waals surface area contributed by atoms with Gasteiger partial charge in [-0.3, -0.25) is 4.84 Å². The predicted octanol–water partition coefficient (Wildman–Crippen LogP) is 3.82. The first-order valence-corrected chi connectivity index (χ1v) is 5.34. The Morgan fingerprint density at radius 2 is 1.71 bits per heavy atom. The first-order chi connectivity index (χ1) is 7.79.